The Labute approximate surface area is 156 Å². The fraction of sp³-hybridized carbons (Fsp3) is 0.550. The molecular weight excluding hydrogens is 328 g/mol. The van der Waals surface area contributed by atoms with Crippen molar-refractivity contribution in [1.29, 1.82) is 0 Å². The molecule has 25 heavy (non-hydrogen) atoms. The van der Waals surface area contributed by atoms with Crippen molar-refractivity contribution in [3.63, 3.8) is 0 Å². The van der Waals surface area contributed by atoms with E-state index in [9.17, 15) is 0 Å². The zero-order valence-corrected chi connectivity index (χ0v) is 16.3. The molecule has 0 N–H and O–H groups in total. The molecule has 136 valence electrons. The van der Waals surface area contributed by atoms with Gasteiger partial charge in [-0.15, -0.1) is 5.10 Å². The highest BCUT2D eigenvalue weighted by molar-refractivity contribution is 7.99. The van der Waals surface area contributed by atoms with E-state index in [1.54, 1.807) is 11.8 Å². The number of benzene rings is 1. The van der Waals surface area contributed by atoms with Gasteiger partial charge in [0.1, 0.15) is 0 Å². The van der Waals surface area contributed by atoms with E-state index in [4.69, 9.17) is 0 Å². The maximum absolute atomic E-state index is 4.14. The number of unbranched alkanes of at least 4 members (excludes halogenated alkanes) is 7. The largest absolute Gasteiger partial charge is 0.214 e. The summed E-state index contributed by atoms with van der Waals surface area (Å²) in [5.41, 5.74) is 2.46. The topological polar surface area (TPSA) is 43.6 Å². The van der Waals surface area contributed by atoms with Crippen molar-refractivity contribution < 1.29 is 0 Å². The van der Waals surface area contributed by atoms with Crippen molar-refractivity contribution in [2.75, 3.05) is 5.75 Å². The molecule has 0 atom stereocenters. The van der Waals surface area contributed by atoms with Crippen molar-refractivity contribution in [3.05, 3.63) is 42.0 Å². The number of rotatable bonds is 12. The van der Waals surface area contributed by atoms with Crippen LogP contribution in [-0.2, 0) is 0 Å². The number of hydrogen-bond donors (Lipinski definition) is 0. The summed E-state index contributed by atoms with van der Waals surface area (Å²) in [6.45, 7) is 4.35. The second kappa shape index (κ2) is 11.9. The average Bonchev–Trinajstić information content (AvgIpc) is 3.08. The molecule has 1 heterocycles. The highest BCUT2D eigenvalue weighted by atomic mass is 32.2. The van der Waals surface area contributed by atoms with Gasteiger partial charge >= 0.3 is 0 Å². The van der Waals surface area contributed by atoms with Crippen LogP contribution >= 0.6 is 11.8 Å². The molecule has 0 aliphatic heterocycles. The molecule has 0 aliphatic carbocycles. The number of aromatic nitrogens is 4. The van der Waals surface area contributed by atoms with Crippen LogP contribution in [0, 0.1) is 0 Å². The third-order valence-electron chi connectivity index (χ3n) is 4.07. The molecule has 0 radical (unpaired) electrons. The summed E-state index contributed by atoms with van der Waals surface area (Å²) < 4.78 is 1.82. The number of thioether (sulfide) groups is 1. The Morgan fingerprint density at radius 2 is 1.64 bits per heavy atom. The molecule has 1 aromatic carbocycles. The average molecular weight is 359 g/mol. The van der Waals surface area contributed by atoms with Gasteiger partial charge in [0.2, 0.25) is 5.16 Å². The Morgan fingerprint density at radius 1 is 0.960 bits per heavy atom. The van der Waals surface area contributed by atoms with Gasteiger partial charge in [-0.25, -0.2) is 0 Å². The van der Waals surface area contributed by atoms with E-state index in [0.717, 1.165) is 16.6 Å². The fourth-order valence-electron chi connectivity index (χ4n) is 2.68. The SMILES string of the molecule is CC(C)=CCCCCCCCCCSc1nnnn1-c1ccccc1. The molecule has 5 heteroatoms. The molecule has 0 unspecified atom stereocenters. The second-order valence-electron chi connectivity index (χ2n) is 6.60. The first-order chi connectivity index (χ1) is 12.3. The lowest BCUT2D eigenvalue weighted by molar-refractivity contribution is 0.593. The molecule has 0 spiro atoms. The first-order valence-electron chi connectivity index (χ1n) is 9.37. The molecule has 0 aliphatic rings. The van der Waals surface area contributed by atoms with Crippen molar-refractivity contribution in [1.82, 2.24) is 20.2 Å². The van der Waals surface area contributed by atoms with Crippen LogP contribution < -0.4 is 0 Å². The standard InChI is InChI=1S/C20H30N4S/c1-18(2)14-10-7-5-3-4-6-8-13-17-25-20-21-22-23-24(20)19-15-11-9-12-16-19/h9,11-12,14-16H,3-8,10,13,17H2,1-2H3. The van der Waals surface area contributed by atoms with Gasteiger partial charge in [-0.1, -0.05) is 73.7 Å². The smallest absolute Gasteiger partial charge is 0.188 e. The van der Waals surface area contributed by atoms with Crippen LogP contribution in [0.5, 0.6) is 0 Å². The zero-order chi connectivity index (χ0) is 17.7. The van der Waals surface area contributed by atoms with E-state index >= 15 is 0 Å². The molecule has 0 saturated carbocycles. The third-order valence-corrected chi connectivity index (χ3v) is 5.08. The summed E-state index contributed by atoms with van der Waals surface area (Å²) in [7, 11) is 0. The lowest BCUT2D eigenvalue weighted by Gasteiger charge is -2.04. The highest BCUT2D eigenvalue weighted by Gasteiger charge is 2.07. The number of hydrogen-bond acceptors (Lipinski definition) is 4. The quantitative estimate of drug-likeness (QED) is 0.271. The van der Waals surface area contributed by atoms with Crippen LogP contribution in [0.25, 0.3) is 5.69 Å². The molecule has 4 nitrogen and oxygen atoms in total. The lowest BCUT2D eigenvalue weighted by atomic mass is 10.1. The summed E-state index contributed by atoms with van der Waals surface area (Å²) in [6, 6.07) is 10.1. The Balaban J connectivity index is 1.53. The minimum absolute atomic E-state index is 0.880. The first-order valence-corrected chi connectivity index (χ1v) is 10.4. The van der Waals surface area contributed by atoms with Gasteiger partial charge in [0.05, 0.1) is 5.69 Å². The molecule has 1 aromatic heterocycles. The maximum atomic E-state index is 4.14. The van der Waals surface area contributed by atoms with E-state index < -0.39 is 0 Å². The van der Waals surface area contributed by atoms with Crippen LogP contribution in [0.1, 0.15) is 65.2 Å². The first kappa shape index (κ1) is 19.7. The molecule has 2 aromatic rings. The predicted octanol–water partition coefficient (Wildman–Crippen LogP) is 5.84. The molecule has 0 bridgehead atoms. The van der Waals surface area contributed by atoms with Gasteiger partial charge < -0.3 is 0 Å². The van der Waals surface area contributed by atoms with Crippen LogP contribution in [0.15, 0.2) is 47.1 Å². The molecule has 0 fully saturated rings. The van der Waals surface area contributed by atoms with Crippen LogP contribution in [0.3, 0.4) is 0 Å². The lowest BCUT2D eigenvalue weighted by Crippen LogP contribution is -1.98. The summed E-state index contributed by atoms with van der Waals surface area (Å²) in [6.07, 6.45) is 12.9. The number of tetrazole rings is 1. The van der Waals surface area contributed by atoms with Crippen LogP contribution in [0.2, 0.25) is 0 Å². The van der Waals surface area contributed by atoms with Crippen molar-refractivity contribution in [2.24, 2.45) is 0 Å². The number of para-hydroxylation sites is 1. The van der Waals surface area contributed by atoms with E-state index in [1.807, 2.05) is 35.0 Å². The van der Waals surface area contributed by atoms with Crippen molar-refractivity contribution in [2.45, 2.75) is 70.4 Å². The second-order valence-corrected chi connectivity index (χ2v) is 7.66. The monoisotopic (exact) mass is 358 g/mol. The summed E-state index contributed by atoms with van der Waals surface area (Å²) in [4.78, 5) is 0. The van der Waals surface area contributed by atoms with Gasteiger partial charge in [0.25, 0.3) is 0 Å². The van der Waals surface area contributed by atoms with E-state index in [2.05, 4.69) is 35.4 Å². The third kappa shape index (κ3) is 7.86. The van der Waals surface area contributed by atoms with Gasteiger partial charge in [-0.2, -0.15) is 4.68 Å². The summed E-state index contributed by atoms with van der Waals surface area (Å²) in [5.74, 6) is 1.08. The highest BCUT2D eigenvalue weighted by Crippen LogP contribution is 2.20. The zero-order valence-electron chi connectivity index (χ0n) is 15.5. The predicted molar refractivity (Wildman–Crippen MR) is 106 cm³/mol. The molecule has 2 rings (SSSR count). The fourth-order valence-corrected chi connectivity index (χ4v) is 3.57. The number of allylic oxidation sites excluding steroid dienone is 2. The van der Waals surface area contributed by atoms with Crippen molar-refractivity contribution >= 4 is 11.8 Å². The molecule has 0 amide bonds. The minimum Gasteiger partial charge on any atom is -0.188 e. The van der Waals surface area contributed by atoms with E-state index in [1.165, 1.54) is 56.9 Å². The minimum atomic E-state index is 0.880. The van der Waals surface area contributed by atoms with E-state index in [-0.39, 0.29) is 0 Å². The normalized spacial score (nSPS) is 10.8. The van der Waals surface area contributed by atoms with Gasteiger partial charge in [-0.3, -0.25) is 0 Å². The Morgan fingerprint density at radius 3 is 2.36 bits per heavy atom. The number of nitrogens with zero attached hydrogens (tertiary/aromatic N) is 4. The van der Waals surface area contributed by atoms with Gasteiger partial charge in [0, 0.05) is 5.75 Å². The molecular formula is C20H30N4S. The van der Waals surface area contributed by atoms with Gasteiger partial charge in [-0.05, 0) is 55.7 Å². The summed E-state index contributed by atoms with van der Waals surface area (Å²) >= 11 is 1.75. The molecule has 0 saturated heterocycles. The Kier molecular flexibility index (Phi) is 9.34. The van der Waals surface area contributed by atoms with E-state index in [0.29, 0.717) is 0 Å². The van der Waals surface area contributed by atoms with Crippen molar-refractivity contribution in [3.8, 4) is 5.69 Å². The Bertz CT molecular complexity index is 618. The Hall–Kier alpha value is -1.62. The summed E-state index contributed by atoms with van der Waals surface area (Å²) in [5, 5.41) is 12.9. The maximum Gasteiger partial charge on any atom is 0.214 e. The van der Waals surface area contributed by atoms with Gasteiger partial charge in [0.15, 0.2) is 0 Å². The van der Waals surface area contributed by atoms with Crippen LogP contribution in [-0.4, -0.2) is 26.0 Å². The van der Waals surface area contributed by atoms with Crippen LogP contribution in [0.4, 0.5) is 0 Å².